The fourth-order valence-electron chi connectivity index (χ4n) is 4.91. The highest BCUT2D eigenvalue weighted by Crippen LogP contribution is 2.37. The first kappa shape index (κ1) is 23.2. The van der Waals surface area contributed by atoms with Crippen LogP contribution in [0.25, 0.3) is 0 Å². The number of rotatable bonds is 6. The smallest absolute Gasteiger partial charge is 0.251 e. The number of carbonyl (C=O) groups is 1. The van der Waals surface area contributed by atoms with Crippen molar-refractivity contribution >= 4 is 15.7 Å². The second kappa shape index (κ2) is 8.78. The van der Waals surface area contributed by atoms with Crippen LogP contribution < -0.4 is 4.74 Å². The van der Waals surface area contributed by atoms with Gasteiger partial charge in [-0.1, -0.05) is 18.2 Å². The number of benzene rings is 2. The normalized spacial score (nSPS) is 13.2. The van der Waals surface area contributed by atoms with Crippen LogP contribution in [-0.4, -0.2) is 37.5 Å². The highest BCUT2D eigenvalue weighted by atomic mass is 32.2. The molecule has 0 saturated heterocycles. The summed E-state index contributed by atoms with van der Waals surface area (Å²) in [5, 5.41) is 4.56. The maximum absolute atomic E-state index is 13.0. The van der Waals surface area contributed by atoms with Crippen LogP contribution in [0.3, 0.4) is 0 Å². The molecule has 3 aromatic rings. The summed E-state index contributed by atoms with van der Waals surface area (Å²) in [6.45, 7) is 5.98. The van der Waals surface area contributed by atoms with Gasteiger partial charge in [0.1, 0.15) is 5.75 Å². The first-order valence-electron chi connectivity index (χ1n) is 11.2. The number of aromatic nitrogens is 2. The van der Waals surface area contributed by atoms with E-state index in [1.54, 1.807) is 19.2 Å². The number of methoxy groups -OCH3 is 1. The maximum atomic E-state index is 13.0. The van der Waals surface area contributed by atoms with E-state index in [2.05, 4.69) is 18.1 Å². The molecule has 174 valence electrons. The zero-order valence-electron chi connectivity index (χ0n) is 19.9. The summed E-state index contributed by atoms with van der Waals surface area (Å²) in [6.07, 6.45) is 5.29. The molecule has 4 rings (SSSR count). The number of sulfone groups is 1. The topological polar surface area (TPSA) is 78.3 Å². The Bertz CT molecular complexity index is 1340. The van der Waals surface area contributed by atoms with Crippen molar-refractivity contribution in [3.63, 3.8) is 0 Å². The second-order valence-corrected chi connectivity index (χ2v) is 10.9. The Morgan fingerprint density at radius 3 is 2.39 bits per heavy atom. The molecule has 33 heavy (non-hydrogen) atoms. The van der Waals surface area contributed by atoms with Gasteiger partial charge in [0.05, 0.1) is 24.1 Å². The van der Waals surface area contributed by atoms with E-state index in [1.807, 2.05) is 13.8 Å². The van der Waals surface area contributed by atoms with Gasteiger partial charge in [-0.05, 0) is 80.0 Å². The Morgan fingerprint density at radius 1 is 1.09 bits per heavy atom. The molecule has 1 aromatic heterocycles. The van der Waals surface area contributed by atoms with Crippen LogP contribution in [0.2, 0.25) is 0 Å². The monoisotopic (exact) mass is 466 g/mol. The molecule has 0 aliphatic heterocycles. The lowest BCUT2D eigenvalue weighted by molar-refractivity contribution is 0.0895. The van der Waals surface area contributed by atoms with E-state index in [0.717, 1.165) is 59.5 Å². The van der Waals surface area contributed by atoms with Gasteiger partial charge >= 0.3 is 0 Å². The Labute approximate surface area is 195 Å². The minimum absolute atomic E-state index is 0.134. The number of carbonyl (C=O) groups excluding carboxylic acids is 1. The molecule has 0 radical (unpaired) electrons. The standard InChI is InChI=1S/C26H30N2O4S/c1-16-13-20(22-7-6-8-23(22)26(16)32-4)15-24-17(2)27-28(18(24)3)25(29)14-19-9-11-21(12-10-19)33(5,30)31/h9-13H,6-8,14-15H2,1-5H3. The number of hydrogen-bond donors (Lipinski definition) is 0. The molecule has 1 heterocycles. The van der Waals surface area contributed by atoms with E-state index >= 15 is 0 Å². The first-order chi connectivity index (χ1) is 15.6. The van der Waals surface area contributed by atoms with Crippen molar-refractivity contribution in [2.75, 3.05) is 13.4 Å². The number of hydrogen-bond acceptors (Lipinski definition) is 5. The quantitative estimate of drug-likeness (QED) is 0.545. The van der Waals surface area contributed by atoms with Crippen molar-refractivity contribution < 1.29 is 17.9 Å². The van der Waals surface area contributed by atoms with Gasteiger partial charge in [0.15, 0.2) is 9.84 Å². The molecule has 7 heteroatoms. The fourth-order valence-corrected chi connectivity index (χ4v) is 5.54. The van der Waals surface area contributed by atoms with Crippen LogP contribution in [0, 0.1) is 20.8 Å². The number of ether oxygens (including phenoxy) is 1. The van der Waals surface area contributed by atoms with Crippen molar-refractivity contribution in [3.8, 4) is 5.75 Å². The molecule has 0 unspecified atom stereocenters. The summed E-state index contributed by atoms with van der Waals surface area (Å²) in [5.41, 5.74) is 8.67. The van der Waals surface area contributed by atoms with Crippen LogP contribution in [0.15, 0.2) is 35.2 Å². The molecule has 1 aliphatic carbocycles. The lowest BCUT2D eigenvalue weighted by Gasteiger charge is -2.16. The molecule has 0 bridgehead atoms. The molecule has 0 amide bonds. The van der Waals surface area contributed by atoms with Gasteiger partial charge in [0, 0.05) is 23.9 Å². The third-order valence-corrected chi connectivity index (χ3v) is 7.71. The van der Waals surface area contributed by atoms with E-state index < -0.39 is 9.84 Å². The molecular weight excluding hydrogens is 436 g/mol. The minimum atomic E-state index is -3.26. The van der Waals surface area contributed by atoms with Crippen molar-refractivity contribution in [1.82, 2.24) is 9.78 Å². The third kappa shape index (κ3) is 4.47. The maximum Gasteiger partial charge on any atom is 0.251 e. The summed E-state index contributed by atoms with van der Waals surface area (Å²) >= 11 is 0. The Balaban J connectivity index is 1.60. The van der Waals surface area contributed by atoms with Crippen LogP contribution in [0.5, 0.6) is 5.75 Å². The Kier molecular flexibility index (Phi) is 6.18. The van der Waals surface area contributed by atoms with Gasteiger partial charge in [-0.3, -0.25) is 4.79 Å². The molecule has 0 atom stereocenters. The van der Waals surface area contributed by atoms with Crippen LogP contribution in [0.1, 0.15) is 56.0 Å². The van der Waals surface area contributed by atoms with Crippen LogP contribution in [-0.2, 0) is 35.5 Å². The van der Waals surface area contributed by atoms with Crippen molar-refractivity contribution in [2.45, 2.75) is 57.8 Å². The van der Waals surface area contributed by atoms with Gasteiger partial charge in [0.2, 0.25) is 0 Å². The van der Waals surface area contributed by atoms with E-state index in [-0.39, 0.29) is 17.2 Å². The number of aryl methyl sites for hydroxylation is 2. The SMILES string of the molecule is COc1c(C)cc(Cc2c(C)nn(C(=O)Cc3ccc(S(C)(=O)=O)cc3)c2C)c2c1CCC2. The highest BCUT2D eigenvalue weighted by molar-refractivity contribution is 7.90. The largest absolute Gasteiger partial charge is 0.496 e. The number of fused-ring (bicyclic) bond motifs is 1. The van der Waals surface area contributed by atoms with Gasteiger partial charge < -0.3 is 4.74 Å². The molecule has 1 aliphatic rings. The molecule has 0 saturated carbocycles. The molecular formula is C26H30N2O4S. The zero-order chi connectivity index (χ0) is 23.9. The van der Waals surface area contributed by atoms with E-state index in [9.17, 15) is 13.2 Å². The summed E-state index contributed by atoms with van der Waals surface area (Å²) in [4.78, 5) is 13.3. The predicted molar refractivity (Wildman–Crippen MR) is 128 cm³/mol. The zero-order valence-corrected chi connectivity index (χ0v) is 20.7. The van der Waals surface area contributed by atoms with E-state index in [4.69, 9.17) is 4.74 Å². The third-order valence-electron chi connectivity index (χ3n) is 6.58. The summed E-state index contributed by atoms with van der Waals surface area (Å²) in [6, 6.07) is 8.66. The van der Waals surface area contributed by atoms with Gasteiger partial charge in [-0.25, -0.2) is 13.1 Å². The van der Waals surface area contributed by atoms with Crippen molar-refractivity contribution in [1.29, 1.82) is 0 Å². The van der Waals surface area contributed by atoms with Crippen molar-refractivity contribution in [2.24, 2.45) is 0 Å². The molecule has 6 nitrogen and oxygen atoms in total. The fraction of sp³-hybridized carbons (Fsp3) is 0.385. The minimum Gasteiger partial charge on any atom is -0.496 e. The van der Waals surface area contributed by atoms with E-state index in [1.165, 1.54) is 39.8 Å². The predicted octanol–water partition coefficient (Wildman–Crippen LogP) is 4.18. The average molecular weight is 467 g/mol. The second-order valence-electron chi connectivity index (χ2n) is 8.92. The lowest BCUT2D eigenvalue weighted by atomic mass is 9.93. The number of nitrogens with zero attached hydrogens (tertiary/aromatic N) is 2. The Morgan fingerprint density at radius 2 is 1.76 bits per heavy atom. The van der Waals surface area contributed by atoms with Crippen LogP contribution >= 0.6 is 0 Å². The average Bonchev–Trinajstić information content (AvgIpc) is 3.34. The Hall–Kier alpha value is -2.93. The molecule has 0 fully saturated rings. The van der Waals surface area contributed by atoms with Gasteiger partial charge in [-0.15, -0.1) is 0 Å². The molecule has 0 spiro atoms. The first-order valence-corrected chi connectivity index (χ1v) is 13.0. The summed E-state index contributed by atoms with van der Waals surface area (Å²) in [5.74, 6) is 0.873. The molecule has 2 aromatic carbocycles. The lowest BCUT2D eigenvalue weighted by Crippen LogP contribution is -2.17. The molecule has 0 N–H and O–H groups in total. The van der Waals surface area contributed by atoms with Gasteiger partial charge in [0.25, 0.3) is 5.91 Å². The van der Waals surface area contributed by atoms with Crippen LogP contribution in [0.4, 0.5) is 0 Å². The van der Waals surface area contributed by atoms with E-state index in [0.29, 0.717) is 0 Å². The van der Waals surface area contributed by atoms with Crippen molar-refractivity contribution in [3.05, 3.63) is 75.1 Å². The summed E-state index contributed by atoms with van der Waals surface area (Å²) < 4.78 is 30.5. The van der Waals surface area contributed by atoms with Gasteiger partial charge in [-0.2, -0.15) is 5.10 Å². The highest BCUT2D eigenvalue weighted by Gasteiger charge is 2.24. The summed E-state index contributed by atoms with van der Waals surface area (Å²) in [7, 11) is -1.53.